The smallest absolute Gasteiger partial charge is 0.240 e. The van der Waals surface area contributed by atoms with Crippen molar-refractivity contribution < 1.29 is 8.42 Å². The summed E-state index contributed by atoms with van der Waals surface area (Å²) in [4.78, 5) is 0.300. The maximum absolute atomic E-state index is 11.6. The summed E-state index contributed by atoms with van der Waals surface area (Å²) in [6.07, 6.45) is 5.24. The van der Waals surface area contributed by atoms with Crippen LogP contribution >= 0.6 is 0 Å². The molecule has 1 saturated carbocycles. The minimum atomic E-state index is -3.34. The molecule has 19 heavy (non-hydrogen) atoms. The average Bonchev–Trinajstić information content (AvgIpc) is 2.93. The zero-order chi connectivity index (χ0) is 13.9. The van der Waals surface area contributed by atoms with Crippen molar-refractivity contribution in [2.24, 2.45) is 5.92 Å². The van der Waals surface area contributed by atoms with Crippen molar-refractivity contribution in [1.82, 2.24) is 4.72 Å². The topological polar surface area (TPSA) is 58.2 Å². The van der Waals surface area contributed by atoms with Crippen molar-refractivity contribution in [3.63, 3.8) is 0 Å². The van der Waals surface area contributed by atoms with Gasteiger partial charge in [-0.15, -0.1) is 0 Å². The summed E-state index contributed by atoms with van der Waals surface area (Å²) < 4.78 is 25.5. The van der Waals surface area contributed by atoms with Crippen LogP contribution in [0.1, 0.15) is 32.6 Å². The maximum Gasteiger partial charge on any atom is 0.240 e. The van der Waals surface area contributed by atoms with E-state index in [2.05, 4.69) is 17.0 Å². The van der Waals surface area contributed by atoms with E-state index in [4.69, 9.17) is 0 Å². The Morgan fingerprint density at radius 3 is 2.26 bits per heavy atom. The number of sulfonamides is 1. The van der Waals surface area contributed by atoms with Crippen molar-refractivity contribution in [1.29, 1.82) is 0 Å². The second-order valence-electron chi connectivity index (χ2n) is 5.21. The summed E-state index contributed by atoms with van der Waals surface area (Å²) in [6.45, 7) is 2.20. The summed E-state index contributed by atoms with van der Waals surface area (Å²) in [7, 11) is -1.92. The fourth-order valence-electron chi connectivity index (χ4n) is 2.69. The van der Waals surface area contributed by atoms with E-state index in [0.29, 0.717) is 10.9 Å². The molecule has 0 heterocycles. The standard InChI is InChI=1S/C14H22N2O2S/c1-11(12-5-3-4-6-12)16-13-7-9-14(10-8-13)19(17,18)15-2/h7-12,15-16H,3-6H2,1-2H3. The van der Waals surface area contributed by atoms with Gasteiger partial charge < -0.3 is 5.32 Å². The molecule has 0 spiro atoms. The minimum absolute atomic E-state index is 0.300. The van der Waals surface area contributed by atoms with Crippen LogP contribution in [-0.4, -0.2) is 21.5 Å². The quantitative estimate of drug-likeness (QED) is 0.872. The minimum Gasteiger partial charge on any atom is -0.382 e. The van der Waals surface area contributed by atoms with Gasteiger partial charge in [0, 0.05) is 11.7 Å². The average molecular weight is 282 g/mol. The first-order chi connectivity index (χ1) is 9.03. The highest BCUT2D eigenvalue weighted by Crippen LogP contribution is 2.29. The number of hydrogen-bond acceptors (Lipinski definition) is 3. The van der Waals surface area contributed by atoms with Gasteiger partial charge in [0.05, 0.1) is 4.90 Å². The van der Waals surface area contributed by atoms with Crippen molar-refractivity contribution in [3.05, 3.63) is 24.3 Å². The van der Waals surface area contributed by atoms with E-state index in [-0.39, 0.29) is 0 Å². The lowest BCUT2D eigenvalue weighted by molar-refractivity contribution is 0.482. The zero-order valence-corrected chi connectivity index (χ0v) is 12.3. The van der Waals surface area contributed by atoms with Gasteiger partial charge in [0.2, 0.25) is 10.0 Å². The molecule has 4 nitrogen and oxygen atoms in total. The Kier molecular flexibility index (Phi) is 4.47. The van der Waals surface area contributed by atoms with Crippen LogP contribution in [0.25, 0.3) is 0 Å². The first-order valence-electron chi connectivity index (χ1n) is 6.83. The third-order valence-corrected chi connectivity index (χ3v) is 5.36. The summed E-state index contributed by atoms with van der Waals surface area (Å²) in [5, 5.41) is 3.47. The number of hydrogen-bond donors (Lipinski definition) is 2. The summed E-state index contributed by atoms with van der Waals surface area (Å²) >= 11 is 0. The van der Waals surface area contributed by atoms with Crippen LogP contribution in [0.2, 0.25) is 0 Å². The highest BCUT2D eigenvalue weighted by Gasteiger charge is 2.21. The molecule has 1 aromatic carbocycles. The van der Waals surface area contributed by atoms with Gasteiger partial charge >= 0.3 is 0 Å². The number of rotatable bonds is 5. The molecule has 0 radical (unpaired) electrons. The van der Waals surface area contributed by atoms with Gasteiger partial charge in [-0.3, -0.25) is 0 Å². The van der Waals surface area contributed by atoms with Gasteiger partial charge in [-0.05, 0) is 57.0 Å². The molecular weight excluding hydrogens is 260 g/mol. The summed E-state index contributed by atoms with van der Waals surface area (Å²) in [5.74, 6) is 0.737. The van der Waals surface area contributed by atoms with Crippen LogP contribution in [0.4, 0.5) is 5.69 Å². The molecule has 5 heteroatoms. The molecule has 0 aromatic heterocycles. The van der Waals surface area contributed by atoms with E-state index in [1.54, 1.807) is 12.1 Å². The lowest BCUT2D eigenvalue weighted by atomic mass is 9.99. The van der Waals surface area contributed by atoms with Gasteiger partial charge in [0.15, 0.2) is 0 Å². The fourth-order valence-corrected chi connectivity index (χ4v) is 3.42. The van der Waals surface area contributed by atoms with E-state index in [0.717, 1.165) is 11.6 Å². The molecule has 0 bridgehead atoms. The van der Waals surface area contributed by atoms with E-state index in [1.165, 1.54) is 32.7 Å². The van der Waals surface area contributed by atoms with E-state index in [1.807, 2.05) is 12.1 Å². The van der Waals surface area contributed by atoms with Crippen LogP contribution < -0.4 is 10.0 Å². The van der Waals surface area contributed by atoms with Crippen LogP contribution in [0.3, 0.4) is 0 Å². The molecule has 2 rings (SSSR count). The van der Waals surface area contributed by atoms with E-state index in [9.17, 15) is 8.42 Å². The molecule has 2 N–H and O–H groups in total. The number of anilines is 1. The molecule has 1 aromatic rings. The predicted molar refractivity (Wildman–Crippen MR) is 77.7 cm³/mol. The Balaban J connectivity index is 2.02. The molecule has 1 unspecified atom stereocenters. The third kappa shape index (κ3) is 3.48. The second-order valence-corrected chi connectivity index (χ2v) is 7.10. The largest absolute Gasteiger partial charge is 0.382 e. The molecule has 106 valence electrons. The lowest BCUT2D eigenvalue weighted by Gasteiger charge is -2.21. The predicted octanol–water partition coefficient (Wildman–Crippen LogP) is 2.59. The molecule has 0 aliphatic heterocycles. The Bertz CT molecular complexity index is 505. The highest BCUT2D eigenvalue weighted by atomic mass is 32.2. The van der Waals surface area contributed by atoms with Crippen LogP contribution in [-0.2, 0) is 10.0 Å². The normalized spacial score (nSPS) is 18.4. The van der Waals surface area contributed by atoms with Crippen LogP contribution in [0, 0.1) is 5.92 Å². The Labute approximate surface area is 115 Å². The lowest BCUT2D eigenvalue weighted by Crippen LogP contribution is -2.23. The van der Waals surface area contributed by atoms with Crippen LogP contribution in [0.15, 0.2) is 29.2 Å². The molecule has 1 fully saturated rings. The van der Waals surface area contributed by atoms with Gasteiger partial charge in [0.25, 0.3) is 0 Å². The van der Waals surface area contributed by atoms with Crippen molar-refractivity contribution >= 4 is 15.7 Å². The SMILES string of the molecule is CNS(=O)(=O)c1ccc(NC(C)C2CCCC2)cc1. The first kappa shape index (κ1) is 14.3. The molecule has 0 amide bonds. The third-order valence-electron chi connectivity index (χ3n) is 3.93. The number of nitrogens with one attached hydrogen (secondary N) is 2. The maximum atomic E-state index is 11.6. The first-order valence-corrected chi connectivity index (χ1v) is 8.31. The Morgan fingerprint density at radius 2 is 1.74 bits per heavy atom. The molecule has 1 aliphatic carbocycles. The van der Waals surface area contributed by atoms with Crippen LogP contribution in [0.5, 0.6) is 0 Å². The van der Waals surface area contributed by atoms with Crippen molar-refractivity contribution in [3.8, 4) is 0 Å². The zero-order valence-electron chi connectivity index (χ0n) is 11.5. The van der Waals surface area contributed by atoms with Gasteiger partial charge in [-0.25, -0.2) is 13.1 Å². The second kappa shape index (κ2) is 5.92. The monoisotopic (exact) mass is 282 g/mol. The Morgan fingerprint density at radius 1 is 1.16 bits per heavy atom. The van der Waals surface area contributed by atoms with Gasteiger partial charge in [-0.1, -0.05) is 12.8 Å². The van der Waals surface area contributed by atoms with Gasteiger partial charge in [-0.2, -0.15) is 0 Å². The van der Waals surface area contributed by atoms with E-state index < -0.39 is 10.0 Å². The highest BCUT2D eigenvalue weighted by molar-refractivity contribution is 7.89. The molecule has 1 atom stereocenters. The molecule has 0 saturated heterocycles. The van der Waals surface area contributed by atoms with E-state index >= 15 is 0 Å². The summed E-state index contributed by atoms with van der Waals surface area (Å²) in [6, 6.07) is 7.37. The fraction of sp³-hybridized carbons (Fsp3) is 0.571. The molecule has 1 aliphatic rings. The number of benzene rings is 1. The van der Waals surface area contributed by atoms with Crippen molar-refractivity contribution in [2.45, 2.75) is 43.5 Å². The summed E-state index contributed by atoms with van der Waals surface area (Å²) in [5.41, 5.74) is 0.981. The van der Waals surface area contributed by atoms with Gasteiger partial charge in [0.1, 0.15) is 0 Å². The Hall–Kier alpha value is -1.07. The van der Waals surface area contributed by atoms with Crippen molar-refractivity contribution in [2.75, 3.05) is 12.4 Å². The molecular formula is C14H22N2O2S.